The average Bonchev–Trinajstić information content (AvgIpc) is 3.23. The summed E-state index contributed by atoms with van der Waals surface area (Å²) in [5, 5.41) is 8.91. The molecule has 0 aromatic carbocycles. The highest BCUT2D eigenvalue weighted by Crippen LogP contribution is 2.29. The zero-order valence-corrected chi connectivity index (χ0v) is 14.1. The average molecular weight is 334 g/mol. The zero-order valence-electron chi connectivity index (χ0n) is 14.1. The summed E-state index contributed by atoms with van der Waals surface area (Å²) in [4.78, 5) is 8.84. The van der Waals surface area contributed by atoms with Crippen molar-refractivity contribution >= 4 is 5.65 Å². The standard InChI is InChI=1S/C18H18N6O/c1-13-17(15-11-21-23(12-15)9-10-25-2)24-18(22-13)16(5-8-20-24)14-3-6-19-7-4-14/h3-8,11-12H,9-10H2,1-2H3. The number of nitrogens with zero attached hydrogens (tertiary/aromatic N) is 6. The Bertz CT molecular complexity index is 1010. The van der Waals surface area contributed by atoms with Gasteiger partial charge in [0.25, 0.3) is 0 Å². The maximum atomic E-state index is 5.11. The number of hydrogen-bond acceptors (Lipinski definition) is 5. The molecule has 0 bridgehead atoms. The van der Waals surface area contributed by atoms with E-state index in [0.29, 0.717) is 13.2 Å². The molecule has 0 atom stereocenters. The lowest BCUT2D eigenvalue weighted by molar-refractivity contribution is 0.183. The van der Waals surface area contributed by atoms with Gasteiger partial charge >= 0.3 is 0 Å². The molecule has 7 nitrogen and oxygen atoms in total. The zero-order chi connectivity index (χ0) is 17.2. The molecule has 4 aromatic rings. The van der Waals surface area contributed by atoms with E-state index in [1.54, 1.807) is 25.7 Å². The molecule has 0 N–H and O–H groups in total. The molecule has 4 aromatic heterocycles. The first-order valence-corrected chi connectivity index (χ1v) is 8.04. The van der Waals surface area contributed by atoms with E-state index in [9.17, 15) is 0 Å². The van der Waals surface area contributed by atoms with Crippen LogP contribution in [0.3, 0.4) is 0 Å². The van der Waals surface area contributed by atoms with Crippen molar-refractivity contribution in [3.63, 3.8) is 0 Å². The van der Waals surface area contributed by atoms with Crippen molar-refractivity contribution in [1.82, 2.24) is 29.4 Å². The van der Waals surface area contributed by atoms with Crippen LogP contribution in [-0.2, 0) is 11.3 Å². The second-order valence-corrected chi connectivity index (χ2v) is 5.75. The van der Waals surface area contributed by atoms with E-state index in [1.807, 2.05) is 46.7 Å². The first-order valence-electron chi connectivity index (χ1n) is 8.04. The van der Waals surface area contributed by atoms with Crippen LogP contribution in [0.25, 0.3) is 28.0 Å². The van der Waals surface area contributed by atoms with Crippen molar-refractivity contribution in [2.75, 3.05) is 13.7 Å². The Hall–Kier alpha value is -3.06. The lowest BCUT2D eigenvalue weighted by atomic mass is 10.1. The van der Waals surface area contributed by atoms with E-state index in [1.165, 1.54) is 0 Å². The Balaban J connectivity index is 1.83. The summed E-state index contributed by atoms with van der Waals surface area (Å²) in [7, 11) is 1.68. The van der Waals surface area contributed by atoms with Gasteiger partial charge in [0.15, 0.2) is 5.65 Å². The highest BCUT2D eigenvalue weighted by atomic mass is 16.5. The van der Waals surface area contributed by atoms with E-state index in [4.69, 9.17) is 9.72 Å². The van der Waals surface area contributed by atoms with Gasteiger partial charge in [0.1, 0.15) is 0 Å². The molecule has 0 aliphatic heterocycles. The molecule has 0 fully saturated rings. The lowest BCUT2D eigenvalue weighted by Crippen LogP contribution is -2.03. The number of methoxy groups -OCH3 is 1. The van der Waals surface area contributed by atoms with Crippen molar-refractivity contribution in [1.29, 1.82) is 0 Å². The molecule has 0 aliphatic carbocycles. The highest BCUT2D eigenvalue weighted by molar-refractivity contribution is 5.79. The van der Waals surface area contributed by atoms with Crippen LogP contribution in [0.2, 0.25) is 0 Å². The summed E-state index contributed by atoms with van der Waals surface area (Å²) in [6, 6.07) is 5.92. The smallest absolute Gasteiger partial charge is 0.162 e. The van der Waals surface area contributed by atoms with Crippen molar-refractivity contribution in [3.05, 3.63) is 54.9 Å². The van der Waals surface area contributed by atoms with Crippen LogP contribution in [0, 0.1) is 6.92 Å². The molecule has 0 amide bonds. The third kappa shape index (κ3) is 2.78. The van der Waals surface area contributed by atoms with Gasteiger partial charge in [-0.3, -0.25) is 9.67 Å². The Morgan fingerprint density at radius 2 is 1.88 bits per heavy atom. The number of aryl methyl sites for hydroxylation is 1. The first kappa shape index (κ1) is 15.5. The number of aromatic nitrogens is 6. The molecule has 0 radical (unpaired) electrons. The SMILES string of the molecule is COCCn1cc(-c2c(C)nc3c(-c4ccncc4)ccnn23)cn1. The van der Waals surface area contributed by atoms with Crippen LogP contribution in [-0.4, -0.2) is 43.1 Å². The van der Waals surface area contributed by atoms with Crippen molar-refractivity contribution in [3.8, 4) is 22.4 Å². The van der Waals surface area contributed by atoms with Gasteiger partial charge in [0.05, 0.1) is 30.7 Å². The minimum absolute atomic E-state index is 0.623. The number of hydrogen-bond donors (Lipinski definition) is 0. The fourth-order valence-electron chi connectivity index (χ4n) is 2.94. The van der Waals surface area contributed by atoms with Crippen molar-refractivity contribution < 1.29 is 4.74 Å². The lowest BCUT2D eigenvalue weighted by Gasteiger charge is -2.04. The molecule has 126 valence electrons. The molecular formula is C18H18N6O. The number of ether oxygens (including phenoxy) is 1. The number of pyridine rings is 1. The van der Waals surface area contributed by atoms with Crippen molar-refractivity contribution in [2.45, 2.75) is 13.5 Å². The molecule has 0 spiro atoms. The van der Waals surface area contributed by atoms with Gasteiger partial charge < -0.3 is 4.74 Å². The van der Waals surface area contributed by atoms with Gasteiger partial charge in [-0.05, 0) is 30.7 Å². The predicted octanol–water partition coefficient (Wildman–Crippen LogP) is 2.61. The largest absolute Gasteiger partial charge is 0.383 e. The fraction of sp³-hybridized carbons (Fsp3) is 0.222. The molecular weight excluding hydrogens is 316 g/mol. The van der Waals surface area contributed by atoms with Gasteiger partial charge in [-0.15, -0.1) is 0 Å². The summed E-state index contributed by atoms with van der Waals surface area (Å²) in [5.74, 6) is 0. The Labute approximate surface area is 144 Å². The Morgan fingerprint density at radius 1 is 1.04 bits per heavy atom. The molecule has 25 heavy (non-hydrogen) atoms. The van der Waals surface area contributed by atoms with E-state index >= 15 is 0 Å². The van der Waals surface area contributed by atoms with Gasteiger partial charge in [-0.25, -0.2) is 9.50 Å². The third-order valence-electron chi connectivity index (χ3n) is 4.12. The predicted molar refractivity (Wildman–Crippen MR) is 94.1 cm³/mol. The highest BCUT2D eigenvalue weighted by Gasteiger charge is 2.16. The van der Waals surface area contributed by atoms with E-state index < -0.39 is 0 Å². The summed E-state index contributed by atoms with van der Waals surface area (Å²) in [6.07, 6.45) is 9.19. The second kappa shape index (κ2) is 6.45. The molecule has 0 unspecified atom stereocenters. The summed E-state index contributed by atoms with van der Waals surface area (Å²) < 4.78 is 8.85. The van der Waals surface area contributed by atoms with E-state index in [-0.39, 0.29) is 0 Å². The van der Waals surface area contributed by atoms with Crippen LogP contribution < -0.4 is 0 Å². The quantitative estimate of drug-likeness (QED) is 0.561. The van der Waals surface area contributed by atoms with Gasteiger partial charge in [0.2, 0.25) is 0 Å². The number of fused-ring (bicyclic) bond motifs is 1. The minimum Gasteiger partial charge on any atom is -0.383 e. The van der Waals surface area contributed by atoms with Gasteiger partial charge in [0, 0.05) is 43.0 Å². The van der Waals surface area contributed by atoms with Gasteiger partial charge in [-0.2, -0.15) is 10.2 Å². The van der Waals surface area contributed by atoms with E-state index in [0.717, 1.165) is 33.7 Å². The minimum atomic E-state index is 0.623. The van der Waals surface area contributed by atoms with Crippen molar-refractivity contribution in [2.24, 2.45) is 0 Å². The Kier molecular flexibility index (Phi) is 3.99. The first-order chi connectivity index (χ1) is 12.3. The molecule has 0 saturated carbocycles. The van der Waals surface area contributed by atoms with Crippen LogP contribution in [0.1, 0.15) is 5.69 Å². The van der Waals surface area contributed by atoms with Crippen LogP contribution in [0.4, 0.5) is 0 Å². The molecule has 0 saturated heterocycles. The summed E-state index contributed by atoms with van der Waals surface area (Å²) in [5.41, 5.74) is 5.77. The second-order valence-electron chi connectivity index (χ2n) is 5.75. The maximum Gasteiger partial charge on any atom is 0.162 e. The van der Waals surface area contributed by atoms with Crippen LogP contribution >= 0.6 is 0 Å². The van der Waals surface area contributed by atoms with Crippen LogP contribution in [0.5, 0.6) is 0 Å². The topological polar surface area (TPSA) is 70.1 Å². The molecule has 4 heterocycles. The number of rotatable bonds is 5. The monoisotopic (exact) mass is 334 g/mol. The Morgan fingerprint density at radius 3 is 2.68 bits per heavy atom. The molecule has 0 aliphatic rings. The molecule has 7 heteroatoms. The normalized spacial score (nSPS) is 11.3. The summed E-state index contributed by atoms with van der Waals surface area (Å²) in [6.45, 7) is 3.33. The molecule has 4 rings (SSSR count). The third-order valence-corrected chi connectivity index (χ3v) is 4.12. The van der Waals surface area contributed by atoms with Gasteiger partial charge in [-0.1, -0.05) is 0 Å². The number of imidazole rings is 1. The maximum absolute atomic E-state index is 5.11. The van der Waals surface area contributed by atoms with E-state index in [2.05, 4.69) is 15.2 Å². The fourth-order valence-corrected chi connectivity index (χ4v) is 2.94. The van der Waals surface area contributed by atoms with Crippen LogP contribution in [0.15, 0.2) is 49.2 Å². The summed E-state index contributed by atoms with van der Waals surface area (Å²) >= 11 is 0.